The van der Waals surface area contributed by atoms with Gasteiger partial charge in [0.05, 0.1) is 6.61 Å². The van der Waals surface area contributed by atoms with Crippen LogP contribution in [0.25, 0.3) is 10.8 Å². The van der Waals surface area contributed by atoms with Gasteiger partial charge in [0.25, 0.3) is 0 Å². The zero-order valence-electron chi connectivity index (χ0n) is 9.57. The highest BCUT2D eigenvalue weighted by atomic mass is 16.5. The SMILES string of the molecule is CCCCOc1ccc2c(N)cccc2c1. The second kappa shape index (κ2) is 4.88. The van der Waals surface area contributed by atoms with Gasteiger partial charge in [-0.05, 0) is 36.1 Å². The molecule has 0 heterocycles. The largest absolute Gasteiger partial charge is 0.494 e. The molecule has 2 heteroatoms. The highest BCUT2D eigenvalue weighted by Crippen LogP contribution is 2.25. The maximum atomic E-state index is 5.89. The van der Waals surface area contributed by atoms with Gasteiger partial charge in [0.15, 0.2) is 0 Å². The molecule has 0 radical (unpaired) electrons. The molecule has 0 aliphatic carbocycles. The molecule has 0 bridgehead atoms. The van der Waals surface area contributed by atoms with Gasteiger partial charge in [0.2, 0.25) is 0 Å². The van der Waals surface area contributed by atoms with Gasteiger partial charge in [-0.1, -0.05) is 25.5 Å². The average molecular weight is 215 g/mol. The van der Waals surface area contributed by atoms with E-state index in [1.807, 2.05) is 30.3 Å². The number of rotatable bonds is 4. The number of hydrogen-bond donors (Lipinski definition) is 1. The Balaban J connectivity index is 2.23. The van der Waals surface area contributed by atoms with Crippen molar-refractivity contribution in [3.05, 3.63) is 36.4 Å². The minimum absolute atomic E-state index is 0.782. The van der Waals surface area contributed by atoms with Crippen LogP contribution in [-0.4, -0.2) is 6.61 Å². The maximum absolute atomic E-state index is 5.89. The van der Waals surface area contributed by atoms with Gasteiger partial charge in [-0.25, -0.2) is 0 Å². The van der Waals surface area contributed by atoms with Crippen LogP contribution in [0.3, 0.4) is 0 Å². The van der Waals surface area contributed by atoms with Crippen LogP contribution in [0.2, 0.25) is 0 Å². The standard InChI is InChI=1S/C14H17NO/c1-2-3-9-16-12-7-8-13-11(10-12)5-4-6-14(13)15/h4-8,10H,2-3,9,15H2,1H3. The third-order valence-corrected chi connectivity index (χ3v) is 2.65. The molecule has 0 saturated carbocycles. The van der Waals surface area contributed by atoms with Crippen LogP contribution in [0.15, 0.2) is 36.4 Å². The van der Waals surface area contributed by atoms with Gasteiger partial charge in [-0.2, -0.15) is 0 Å². The van der Waals surface area contributed by atoms with E-state index in [9.17, 15) is 0 Å². The Morgan fingerprint density at radius 3 is 2.88 bits per heavy atom. The van der Waals surface area contributed by atoms with Crippen molar-refractivity contribution in [1.82, 2.24) is 0 Å². The molecule has 0 saturated heterocycles. The molecule has 0 unspecified atom stereocenters. The average Bonchev–Trinajstić information content (AvgIpc) is 2.30. The number of benzene rings is 2. The summed E-state index contributed by atoms with van der Waals surface area (Å²) in [6.45, 7) is 2.94. The molecule has 2 aromatic carbocycles. The number of fused-ring (bicyclic) bond motifs is 1. The van der Waals surface area contributed by atoms with E-state index in [4.69, 9.17) is 10.5 Å². The topological polar surface area (TPSA) is 35.2 Å². The first-order chi connectivity index (χ1) is 7.81. The van der Waals surface area contributed by atoms with Crippen LogP contribution < -0.4 is 10.5 Å². The Morgan fingerprint density at radius 1 is 1.19 bits per heavy atom. The maximum Gasteiger partial charge on any atom is 0.119 e. The normalized spacial score (nSPS) is 10.6. The third-order valence-electron chi connectivity index (χ3n) is 2.65. The fraction of sp³-hybridized carbons (Fsp3) is 0.286. The molecule has 0 amide bonds. The van der Waals surface area contributed by atoms with Crippen LogP contribution in [0.5, 0.6) is 5.75 Å². The van der Waals surface area contributed by atoms with Crippen molar-refractivity contribution in [3.63, 3.8) is 0 Å². The molecule has 0 spiro atoms. The number of nitrogens with two attached hydrogens (primary N) is 1. The number of unbranched alkanes of at least 4 members (excludes halogenated alkanes) is 1. The summed E-state index contributed by atoms with van der Waals surface area (Å²) in [5.41, 5.74) is 6.70. The van der Waals surface area contributed by atoms with Crippen LogP contribution >= 0.6 is 0 Å². The summed E-state index contributed by atoms with van der Waals surface area (Å²) < 4.78 is 5.65. The Hall–Kier alpha value is -1.70. The summed E-state index contributed by atoms with van der Waals surface area (Å²) >= 11 is 0. The fourth-order valence-electron chi connectivity index (χ4n) is 1.71. The molecule has 2 nitrogen and oxygen atoms in total. The lowest BCUT2D eigenvalue weighted by Crippen LogP contribution is -1.96. The van der Waals surface area contributed by atoms with E-state index in [1.165, 1.54) is 0 Å². The van der Waals surface area contributed by atoms with E-state index in [2.05, 4.69) is 13.0 Å². The Kier molecular flexibility index (Phi) is 3.30. The van der Waals surface area contributed by atoms with Crippen molar-refractivity contribution in [2.45, 2.75) is 19.8 Å². The van der Waals surface area contributed by atoms with Gasteiger partial charge in [0, 0.05) is 11.1 Å². The molecule has 0 atom stereocenters. The fourth-order valence-corrected chi connectivity index (χ4v) is 1.71. The van der Waals surface area contributed by atoms with Crippen molar-refractivity contribution in [1.29, 1.82) is 0 Å². The predicted octanol–water partition coefficient (Wildman–Crippen LogP) is 3.60. The molecule has 16 heavy (non-hydrogen) atoms. The van der Waals surface area contributed by atoms with Crippen LogP contribution in [0, 0.1) is 0 Å². The highest BCUT2D eigenvalue weighted by Gasteiger charge is 1.99. The van der Waals surface area contributed by atoms with Gasteiger partial charge >= 0.3 is 0 Å². The molecule has 0 aromatic heterocycles. The molecule has 0 aliphatic heterocycles. The monoisotopic (exact) mass is 215 g/mol. The Labute approximate surface area is 96.0 Å². The zero-order valence-corrected chi connectivity index (χ0v) is 9.57. The summed E-state index contributed by atoms with van der Waals surface area (Å²) in [6.07, 6.45) is 2.25. The second-order valence-corrected chi connectivity index (χ2v) is 3.93. The van der Waals surface area contributed by atoms with E-state index in [-0.39, 0.29) is 0 Å². The summed E-state index contributed by atoms with van der Waals surface area (Å²) in [6, 6.07) is 12.0. The zero-order chi connectivity index (χ0) is 11.4. The first-order valence-electron chi connectivity index (χ1n) is 5.72. The molecule has 84 valence electrons. The van der Waals surface area contributed by atoms with Gasteiger partial charge in [-0.15, -0.1) is 0 Å². The van der Waals surface area contributed by atoms with Gasteiger partial charge < -0.3 is 10.5 Å². The summed E-state index contributed by atoms with van der Waals surface area (Å²) in [5, 5.41) is 2.22. The molecular weight excluding hydrogens is 198 g/mol. The van der Waals surface area contributed by atoms with Crippen molar-refractivity contribution < 1.29 is 4.74 Å². The lowest BCUT2D eigenvalue weighted by Gasteiger charge is -2.07. The van der Waals surface area contributed by atoms with Crippen molar-refractivity contribution >= 4 is 16.5 Å². The first-order valence-corrected chi connectivity index (χ1v) is 5.72. The quantitative estimate of drug-likeness (QED) is 0.624. The summed E-state index contributed by atoms with van der Waals surface area (Å²) in [4.78, 5) is 0. The third kappa shape index (κ3) is 2.27. The first kappa shape index (κ1) is 10.8. The van der Waals surface area contributed by atoms with E-state index in [0.29, 0.717) is 0 Å². The Morgan fingerprint density at radius 2 is 2.06 bits per heavy atom. The molecule has 2 aromatic rings. The number of hydrogen-bond acceptors (Lipinski definition) is 2. The van der Waals surface area contributed by atoms with E-state index >= 15 is 0 Å². The van der Waals surface area contributed by atoms with Crippen LogP contribution in [0.1, 0.15) is 19.8 Å². The molecule has 0 fully saturated rings. The molecule has 2 rings (SSSR count). The minimum atomic E-state index is 0.782. The number of anilines is 1. The Bertz CT molecular complexity index is 479. The molecule has 0 aliphatic rings. The smallest absolute Gasteiger partial charge is 0.119 e. The number of nitrogen functional groups attached to an aromatic ring is 1. The van der Waals surface area contributed by atoms with E-state index in [0.717, 1.165) is 41.7 Å². The predicted molar refractivity (Wildman–Crippen MR) is 68.8 cm³/mol. The lowest BCUT2D eigenvalue weighted by molar-refractivity contribution is 0.310. The van der Waals surface area contributed by atoms with Crippen molar-refractivity contribution in [2.24, 2.45) is 0 Å². The van der Waals surface area contributed by atoms with Gasteiger partial charge in [-0.3, -0.25) is 0 Å². The van der Waals surface area contributed by atoms with Crippen molar-refractivity contribution in [2.75, 3.05) is 12.3 Å². The van der Waals surface area contributed by atoms with E-state index < -0.39 is 0 Å². The van der Waals surface area contributed by atoms with Crippen LogP contribution in [-0.2, 0) is 0 Å². The van der Waals surface area contributed by atoms with Crippen molar-refractivity contribution in [3.8, 4) is 5.75 Å². The summed E-state index contributed by atoms with van der Waals surface area (Å²) in [5.74, 6) is 0.923. The van der Waals surface area contributed by atoms with Crippen LogP contribution in [0.4, 0.5) is 5.69 Å². The second-order valence-electron chi connectivity index (χ2n) is 3.93. The minimum Gasteiger partial charge on any atom is -0.494 e. The van der Waals surface area contributed by atoms with Gasteiger partial charge in [0.1, 0.15) is 5.75 Å². The van der Waals surface area contributed by atoms with E-state index in [1.54, 1.807) is 0 Å². The summed E-state index contributed by atoms with van der Waals surface area (Å²) in [7, 11) is 0. The lowest BCUT2D eigenvalue weighted by atomic mass is 10.1. The highest BCUT2D eigenvalue weighted by molar-refractivity contribution is 5.93. The molecule has 2 N–H and O–H groups in total. The number of ether oxygens (including phenoxy) is 1. The molecular formula is C14H17NO.